The largest absolute Gasteiger partial charge is 0.461 e. The second-order valence-corrected chi connectivity index (χ2v) is 7.82. The van der Waals surface area contributed by atoms with E-state index in [1.807, 2.05) is 23.1 Å². The van der Waals surface area contributed by atoms with Crippen molar-refractivity contribution in [2.75, 3.05) is 6.54 Å². The van der Waals surface area contributed by atoms with Gasteiger partial charge in [-0.25, -0.2) is 4.98 Å². The second kappa shape index (κ2) is 6.97. The molecule has 0 saturated carbocycles. The molecule has 2 aliphatic rings. The van der Waals surface area contributed by atoms with Gasteiger partial charge in [0.1, 0.15) is 17.3 Å². The minimum absolute atomic E-state index is 0.0432. The van der Waals surface area contributed by atoms with Crippen LogP contribution >= 0.6 is 0 Å². The predicted molar refractivity (Wildman–Crippen MR) is 107 cm³/mol. The van der Waals surface area contributed by atoms with Crippen molar-refractivity contribution in [2.24, 2.45) is 5.92 Å². The van der Waals surface area contributed by atoms with E-state index >= 15 is 0 Å². The smallest absolute Gasteiger partial charge is 0.226 e. The summed E-state index contributed by atoms with van der Waals surface area (Å²) in [5, 5.41) is 0. The van der Waals surface area contributed by atoms with Crippen LogP contribution in [0.2, 0.25) is 0 Å². The Labute approximate surface area is 165 Å². The third kappa shape index (κ3) is 3.05. The van der Waals surface area contributed by atoms with E-state index in [2.05, 4.69) is 35.9 Å². The summed E-state index contributed by atoms with van der Waals surface area (Å²) in [6.07, 6.45) is 5.52. The van der Waals surface area contributed by atoms with Crippen molar-refractivity contribution in [1.29, 1.82) is 0 Å². The summed E-state index contributed by atoms with van der Waals surface area (Å²) in [4.78, 5) is 19.9. The Balaban J connectivity index is 1.31. The highest BCUT2D eigenvalue weighted by atomic mass is 16.3. The predicted octanol–water partition coefficient (Wildman–Crippen LogP) is 3.85. The number of hydrogen-bond donors (Lipinski definition) is 0. The molecule has 5 nitrogen and oxygen atoms in total. The van der Waals surface area contributed by atoms with Crippen molar-refractivity contribution in [3.8, 4) is 11.3 Å². The molecule has 1 amide bonds. The SMILES string of the molecule is CCc1cn2c(n1)CC(C(=O)N1CCc3oc(-c4ccccc4)cc3C1)CC2. The van der Waals surface area contributed by atoms with Gasteiger partial charge in [-0.05, 0) is 18.9 Å². The van der Waals surface area contributed by atoms with Crippen LogP contribution in [0.4, 0.5) is 0 Å². The highest BCUT2D eigenvalue weighted by molar-refractivity contribution is 5.79. The van der Waals surface area contributed by atoms with Crippen LogP contribution in [-0.2, 0) is 37.1 Å². The van der Waals surface area contributed by atoms with Gasteiger partial charge >= 0.3 is 0 Å². The molecule has 5 rings (SSSR count). The maximum absolute atomic E-state index is 13.2. The molecule has 3 aromatic rings. The number of aromatic nitrogens is 2. The van der Waals surface area contributed by atoms with Gasteiger partial charge in [0, 0.05) is 55.7 Å². The van der Waals surface area contributed by atoms with Crippen molar-refractivity contribution in [2.45, 2.75) is 45.7 Å². The summed E-state index contributed by atoms with van der Waals surface area (Å²) in [7, 11) is 0. The van der Waals surface area contributed by atoms with E-state index in [9.17, 15) is 4.79 Å². The highest BCUT2D eigenvalue weighted by Crippen LogP contribution is 2.31. The highest BCUT2D eigenvalue weighted by Gasteiger charge is 2.32. The third-order valence-electron chi connectivity index (χ3n) is 6.00. The standard InChI is InChI=1S/C23H25N3O2/c1-2-19-15-25-10-8-17(13-22(25)24-19)23(27)26-11-9-20-18(14-26)12-21(28-20)16-6-4-3-5-7-16/h3-7,12,15,17H,2,8-11,13-14H2,1H3. The number of benzene rings is 1. The summed E-state index contributed by atoms with van der Waals surface area (Å²) in [6.45, 7) is 4.40. The molecule has 0 spiro atoms. The van der Waals surface area contributed by atoms with Crippen molar-refractivity contribution >= 4 is 5.91 Å². The van der Waals surface area contributed by atoms with Crippen LogP contribution in [0.15, 0.2) is 47.0 Å². The van der Waals surface area contributed by atoms with Crippen molar-refractivity contribution in [3.05, 3.63) is 65.4 Å². The molecule has 0 N–H and O–H groups in total. The first-order valence-electron chi connectivity index (χ1n) is 10.2. The first-order valence-corrected chi connectivity index (χ1v) is 10.2. The lowest BCUT2D eigenvalue weighted by atomic mass is 9.95. The Morgan fingerprint density at radius 1 is 1.25 bits per heavy atom. The van der Waals surface area contributed by atoms with Gasteiger partial charge in [-0.2, -0.15) is 0 Å². The van der Waals surface area contributed by atoms with Gasteiger partial charge in [-0.3, -0.25) is 4.79 Å². The van der Waals surface area contributed by atoms with E-state index in [1.165, 1.54) is 0 Å². The maximum Gasteiger partial charge on any atom is 0.226 e. The first kappa shape index (κ1) is 17.3. The summed E-state index contributed by atoms with van der Waals surface area (Å²) < 4.78 is 8.30. The van der Waals surface area contributed by atoms with E-state index in [1.54, 1.807) is 0 Å². The summed E-state index contributed by atoms with van der Waals surface area (Å²) >= 11 is 0. The fourth-order valence-corrected chi connectivity index (χ4v) is 4.39. The summed E-state index contributed by atoms with van der Waals surface area (Å²) in [5.41, 5.74) is 3.35. The molecule has 0 aliphatic carbocycles. The lowest BCUT2D eigenvalue weighted by molar-refractivity contribution is -0.137. The topological polar surface area (TPSA) is 51.3 Å². The molecule has 4 heterocycles. The minimum atomic E-state index is 0.0432. The Kier molecular flexibility index (Phi) is 4.30. The number of imidazole rings is 1. The van der Waals surface area contributed by atoms with Crippen LogP contribution in [0.3, 0.4) is 0 Å². The first-order chi connectivity index (χ1) is 13.7. The molecule has 2 aliphatic heterocycles. The van der Waals surface area contributed by atoms with E-state index in [4.69, 9.17) is 9.40 Å². The van der Waals surface area contributed by atoms with Crippen LogP contribution in [0, 0.1) is 5.92 Å². The summed E-state index contributed by atoms with van der Waals surface area (Å²) in [6, 6.07) is 12.3. The molecule has 0 bridgehead atoms. The van der Waals surface area contributed by atoms with E-state index < -0.39 is 0 Å². The van der Waals surface area contributed by atoms with E-state index in [-0.39, 0.29) is 11.8 Å². The van der Waals surface area contributed by atoms with Gasteiger partial charge in [-0.15, -0.1) is 0 Å². The maximum atomic E-state index is 13.2. The van der Waals surface area contributed by atoms with Gasteiger partial charge in [0.05, 0.1) is 5.69 Å². The molecule has 0 fully saturated rings. The minimum Gasteiger partial charge on any atom is -0.461 e. The monoisotopic (exact) mass is 375 g/mol. The van der Waals surface area contributed by atoms with Crippen molar-refractivity contribution in [3.63, 3.8) is 0 Å². The van der Waals surface area contributed by atoms with Gasteiger partial charge in [0.25, 0.3) is 0 Å². The van der Waals surface area contributed by atoms with Crippen molar-refractivity contribution < 1.29 is 9.21 Å². The molecule has 1 atom stereocenters. The van der Waals surface area contributed by atoms with Crippen LogP contribution in [-0.4, -0.2) is 26.9 Å². The fraction of sp³-hybridized carbons (Fsp3) is 0.391. The molecule has 0 radical (unpaired) electrons. The van der Waals surface area contributed by atoms with Gasteiger partial charge in [0.2, 0.25) is 5.91 Å². The number of aryl methyl sites for hydroxylation is 2. The molecule has 2 aromatic heterocycles. The zero-order valence-corrected chi connectivity index (χ0v) is 16.2. The normalized spacial score (nSPS) is 18.6. The van der Waals surface area contributed by atoms with Gasteiger partial charge in [0.15, 0.2) is 0 Å². The number of amides is 1. The van der Waals surface area contributed by atoms with Gasteiger partial charge < -0.3 is 13.9 Å². The lowest BCUT2D eigenvalue weighted by Crippen LogP contribution is -2.41. The zero-order valence-electron chi connectivity index (χ0n) is 16.2. The fourth-order valence-electron chi connectivity index (χ4n) is 4.39. The Hall–Kier alpha value is -2.82. The number of hydrogen-bond acceptors (Lipinski definition) is 3. The summed E-state index contributed by atoms with van der Waals surface area (Å²) in [5.74, 6) is 3.29. The van der Waals surface area contributed by atoms with E-state index in [0.29, 0.717) is 6.54 Å². The number of furan rings is 1. The molecule has 1 aromatic carbocycles. The van der Waals surface area contributed by atoms with Crippen LogP contribution in [0.1, 0.15) is 36.2 Å². The Bertz CT molecular complexity index is 1000. The number of rotatable bonds is 3. The Morgan fingerprint density at radius 3 is 2.93 bits per heavy atom. The van der Waals surface area contributed by atoms with Crippen molar-refractivity contribution in [1.82, 2.24) is 14.5 Å². The quantitative estimate of drug-likeness (QED) is 0.699. The second-order valence-electron chi connectivity index (χ2n) is 7.82. The molecule has 0 saturated heterocycles. The lowest BCUT2D eigenvalue weighted by Gasteiger charge is -2.31. The number of nitrogens with zero attached hydrogens (tertiary/aromatic N) is 3. The number of carbonyl (C=O) groups excluding carboxylic acids is 1. The Morgan fingerprint density at radius 2 is 2.11 bits per heavy atom. The van der Waals surface area contributed by atoms with Crippen LogP contribution < -0.4 is 0 Å². The molecule has 5 heteroatoms. The van der Waals surface area contributed by atoms with Crippen LogP contribution in [0.25, 0.3) is 11.3 Å². The van der Waals surface area contributed by atoms with E-state index in [0.717, 1.165) is 72.9 Å². The average molecular weight is 375 g/mol. The molecular weight excluding hydrogens is 350 g/mol. The molecule has 1 unspecified atom stereocenters. The van der Waals surface area contributed by atoms with Crippen LogP contribution in [0.5, 0.6) is 0 Å². The zero-order chi connectivity index (χ0) is 19.1. The molecule has 144 valence electrons. The van der Waals surface area contributed by atoms with Gasteiger partial charge in [-0.1, -0.05) is 37.3 Å². The molecule has 28 heavy (non-hydrogen) atoms. The molecular formula is C23H25N3O2. The average Bonchev–Trinajstić information content (AvgIpc) is 3.36. The third-order valence-corrected chi connectivity index (χ3v) is 6.00. The number of carbonyl (C=O) groups is 1. The number of fused-ring (bicyclic) bond motifs is 2.